The van der Waals surface area contributed by atoms with E-state index in [2.05, 4.69) is 0 Å². The van der Waals surface area contributed by atoms with Crippen molar-refractivity contribution < 1.29 is 36.1 Å². The van der Waals surface area contributed by atoms with Crippen molar-refractivity contribution in [2.24, 2.45) is 0 Å². The predicted octanol–water partition coefficient (Wildman–Crippen LogP) is 6.40. The Balaban J connectivity index is -0.000000637. The topological polar surface area (TPSA) is 114 Å². The Hall–Kier alpha value is -3.45. The fraction of sp³-hybridized carbons (Fsp3) is 0.522. The van der Waals surface area contributed by atoms with Gasteiger partial charge in [0.25, 0.3) is 5.70 Å². The van der Waals surface area contributed by atoms with Crippen LogP contribution in [-0.4, -0.2) is 58.1 Å². The van der Waals surface area contributed by atoms with Crippen molar-refractivity contribution in [3.8, 4) is 0 Å². The molecule has 1 aliphatic rings. The maximum absolute atomic E-state index is 12.4. The van der Waals surface area contributed by atoms with Crippen molar-refractivity contribution in [2.75, 3.05) is 19.6 Å². The highest BCUT2D eigenvalue weighted by atomic mass is 19.4. The molecule has 0 unspecified atom stereocenters. The highest BCUT2D eigenvalue weighted by molar-refractivity contribution is 6.03. The average Bonchev–Trinajstić information content (AvgIpc) is 2.87. The lowest BCUT2D eigenvalue weighted by atomic mass is 10.2. The van der Waals surface area contributed by atoms with Gasteiger partial charge in [0.15, 0.2) is 11.6 Å². The van der Waals surface area contributed by atoms with E-state index in [1.165, 1.54) is 13.0 Å². The number of hydrogen-bond donors (Lipinski definition) is 2. The third-order valence-corrected chi connectivity index (χ3v) is 3.93. The van der Waals surface area contributed by atoms with Gasteiger partial charge in [0.05, 0.1) is 11.5 Å². The summed E-state index contributed by atoms with van der Waals surface area (Å²) < 4.78 is 73.2. The van der Waals surface area contributed by atoms with Crippen LogP contribution in [0.3, 0.4) is 0 Å². The minimum atomic E-state index is -4.87. The van der Waals surface area contributed by atoms with Crippen LogP contribution in [0, 0.1) is 38.4 Å². The summed E-state index contributed by atoms with van der Waals surface area (Å²) >= 11 is 0. The molecular formula is C23H35F6N5O3. The van der Waals surface area contributed by atoms with E-state index in [1.807, 2.05) is 41.5 Å². The van der Waals surface area contributed by atoms with Crippen LogP contribution < -0.4 is 0 Å². The second-order valence-electron chi connectivity index (χ2n) is 6.03. The number of piperazine rings is 1. The standard InChI is InChI=1S/C11H14F3N5O3.C6H3F3.3C2H6/c1-2-7(19(21)22)5-9(20)17-3-4-18(8(15)6-17)10(16)11(12,13)14;7-4-1-2-5(8)6(9)3-4;3*1-2/h2,15-16H,3-6H2,1H3;1-3H;3*1-2H3/b7-2-,15-8?,16-10?;;;;. The van der Waals surface area contributed by atoms with Crippen LogP contribution in [-0.2, 0) is 4.79 Å². The van der Waals surface area contributed by atoms with Crippen LogP contribution in [0.4, 0.5) is 26.3 Å². The van der Waals surface area contributed by atoms with Crippen molar-refractivity contribution >= 4 is 17.6 Å². The molecular weight excluding hydrogens is 508 g/mol. The molecule has 0 radical (unpaired) electrons. The molecule has 0 spiro atoms. The first-order valence-corrected chi connectivity index (χ1v) is 11.5. The predicted molar refractivity (Wildman–Crippen MR) is 131 cm³/mol. The van der Waals surface area contributed by atoms with Gasteiger partial charge in [-0.2, -0.15) is 13.2 Å². The van der Waals surface area contributed by atoms with Crippen molar-refractivity contribution in [3.05, 3.63) is 57.5 Å². The number of allylic oxidation sites excluding steroid dienone is 1. The zero-order valence-electron chi connectivity index (χ0n) is 22.0. The second-order valence-corrected chi connectivity index (χ2v) is 6.03. The fourth-order valence-electron chi connectivity index (χ4n) is 2.32. The highest BCUT2D eigenvalue weighted by Gasteiger charge is 2.41. The largest absolute Gasteiger partial charge is 0.449 e. The monoisotopic (exact) mass is 543 g/mol. The van der Waals surface area contributed by atoms with Crippen LogP contribution in [0.5, 0.6) is 0 Å². The molecule has 8 nitrogen and oxygen atoms in total. The molecule has 0 saturated carbocycles. The molecule has 37 heavy (non-hydrogen) atoms. The van der Waals surface area contributed by atoms with E-state index < -0.39 is 59.1 Å². The first-order chi connectivity index (χ1) is 17.3. The lowest BCUT2D eigenvalue weighted by Crippen LogP contribution is -2.56. The molecule has 0 aromatic heterocycles. The molecule has 212 valence electrons. The molecule has 2 rings (SSSR count). The number of amides is 1. The van der Waals surface area contributed by atoms with Crippen LogP contribution in [0.2, 0.25) is 0 Å². The van der Waals surface area contributed by atoms with Gasteiger partial charge < -0.3 is 9.80 Å². The number of nitrogens with one attached hydrogen (secondary N) is 2. The van der Waals surface area contributed by atoms with E-state index in [4.69, 9.17) is 10.8 Å². The Kier molecular flexibility index (Phi) is 20.3. The third-order valence-electron chi connectivity index (χ3n) is 3.93. The van der Waals surface area contributed by atoms with E-state index in [9.17, 15) is 41.3 Å². The van der Waals surface area contributed by atoms with Crippen LogP contribution in [0.15, 0.2) is 30.0 Å². The average molecular weight is 544 g/mol. The van der Waals surface area contributed by atoms with Crippen molar-refractivity contribution in [2.45, 2.75) is 61.1 Å². The summed E-state index contributed by atoms with van der Waals surface area (Å²) in [6, 6.07) is 2.10. The van der Waals surface area contributed by atoms with Crippen LogP contribution in [0.1, 0.15) is 54.9 Å². The normalized spacial score (nSPS) is 12.8. The number of halogens is 6. The lowest BCUT2D eigenvalue weighted by molar-refractivity contribution is -0.427. The van der Waals surface area contributed by atoms with E-state index in [0.717, 1.165) is 17.0 Å². The first kappa shape index (κ1) is 38.1. The minimum Gasteiger partial charge on any atom is -0.333 e. The van der Waals surface area contributed by atoms with Gasteiger partial charge in [-0.1, -0.05) is 41.5 Å². The summed E-state index contributed by atoms with van der Waals surface area (Å²) in [5.41, 5.74) is -0.318. The summed E-state index contributed by atoms with van der Waals surface area (Å²) in [7, 11) is 0. The van der Waals surface area contributed by atoms with E-state index >= 15 is 0 Å². The number of benzene rings is 1. The molecule has 1 aromatic carbocycles. The summed E-state index contributed by atoms with van der Waals surface area (Å²) in [4.78, 5) is 23.3. The fourth-order valence-corrected chi connectivity index (χ4v) is 2.32. The Morgan fingerprint density at radius 1 is 1.05 bits per heavy atom. The zero-order valence-corrected chi connectivity index (χ0v) is 22.0. The molecule has 1 fully saturated rings. The second kappa shape index (κ2) is 19.7. The molecule has 0 aliphatic carbocycles. The molecule has 1 heterocycles. The lowest BCUT2D eigenvalue weighted by Gasteiger charge is -2.36. The van der Waals surface area contributed by atoms with Gasteiger partial charge in [-0.3, -0.25) is 25.7 Å². The van der Waals surface area contributed by atoms with Gasteiger partial charge in [-0.25, -0.2) is 13.2 Å². The van der Waals surface area contributed by atoms with Crippen molar-refractivity contribution in [1.29, 1.82) is 10.8 Å². The van der Waals surface area contributed by atoms with Crippen LogP contribution >= 0.6 is 0 Å². The van der Waals surface area contributed by atoms with Crippen molar-refractivity contribution in [1.82, 2.24) is 9.80 Å². The van der Waals surface area contributed by atoms with E-state index in [0.29, 0.717) is 11.0 Å². The molecule has 1 aromatic rings. The van der Waals surface area contributed by atoms with Gasteiger partial charge in [0, 0.05) is 19.2 Å². The third kappa shape index (κ3) is 14.0. The maximum Gasteiger partial charge on any atom is 0.449 e. The number of carbonyl (C=O) groups is 1. The number of nitro groups is 1. The number of rotatable bonds is 3. The Morgan fingerprint density at radius 2 is 1.57 bits per heavy atom. The quantitative estimate of drug-likeness (QED) is 0.115. The minimum absolute atomic E-state index is 0.144. The van der Waals surface area contributed by atoms with Gasteiger partial charge in [-0.05, 0) is 25.1 Å². The van der Waals surface area contributed by atoms with Gasteiger partial charge in [0.1, 0.15) is 18.1 Å². The van der Waals surface area contributed by atoms with Crippen LogP contribution in [0.25, 0.3) is 0 Å². The Morgan fingerprint density at radius 3 is 1.92 bits per heavy atom. The number of hydrogen-bond acceptors (Lipinski definition) is 5. The summed E-state index contributed by atoms with van der Waals surface area (Å²) in [6.45, 7) is 12.5. The van der Waals surface area contributed by atoms with Crippen molar-refractivity contribution in [3.63, 3.8) is 0 Å². The van der Waals surface area contributed by atoms with E-state index in [-0.39, 0.29) is 18.8 Å². The number of alkyl halides is 3. The summed E-state index contributed by atoms with van der Waals surface area (Å²) in [6.07, 6.45) is -4.20. The summed E-state index contributed by atoms with van der Waals surface area (Å²) in [5, 5.41) is 25.2. The summed E-state index contributed by atoms with van der Waals surface area (Å²) in [5.74, 6) is -5.82. The molecule has 0 atom stereocenters. The van der Waals surface area contributed by atoms with Gasteiger partial charge in [0.2, 0.25) is 11.7 Å². The number of nitrogens with zero attached hydrogens (tertiary/aromatic N) is 3. The molecule has 1 amide bonds. The van der Waals surface area contributed by atoms with Gasteiger partial charge in [-0.15, -0.1) is 0 Å². The maximum atomic E-state index is 12.4. The van der Waals surface area contributed by atoms with E-state index in [1.54, 1.807) is 0 Å². The molecule has 0 bridgehead atoms. The smallest absolute Gasteiger partial charge is 0.333 e. The molecule has 1 saturated heterocycles. The SMILES string of the molecule is C/C=C(/CC(=O)N1CCN(C(=N)C(F)(F)F)C(=N)C1)[N+](=O)[O-].CC.CC.CC.Fc1ccc(F)c(F)c1. The number of carbonyl (C=O) groups excluding carboxylic acids is 1. The Bertz CT molecular complexity index is 907. The first-order valence-electron chi connectivity index (χ1n) is 11.5. The highest BCUT2D eigenvalue weighted by Crippen LogP contribution is 2.21. The molecule has 1 aliphatic heterocycles. The zero-order chi connectivity index (χ0) is 29.9. The Labute approximate surface area is 213 Å². The molecule has 14 heteroatoms. The van der Waals surface area contributed by atoms with Gasteiger partial charge >= 0.3 is 6.18 Å². The number of amidine groups is 2. The molecule has 2 N–H and O–H groups in total.